The lowest BCUT2D eigenvalue weighted by Crippen LogP contribution is -2.24. The van der Waals surface area contributed by atoms with Gasteiger partial charge in [-0.05, 0) is 18.1 Å². The summed E-state index contributed by atoms with van der Waals surface area (Å²) in [6, 6.07) is 2.36. The van der Waals surface area contributed by atoms with E-state index in [1.54, 1.807) is 0 Å². The van der Waals surface area contributed by atoms with Gasteiger partial charge in [0.05, 0.1) is 0 Å². The molecule has 8 heteroatoms. The molecule has 0 saturated heterocycles. The highest BCUT2D eigenvalue weighted by Gasteiger charge is 2.31. The number of aromatic nitrogens is 1. The van der Waals surface area contributed by atoms with Gasteiger partial charge >= 0.3 is 6.18 Å². The minimum absolute atomic E-state index is 0. The molecular weight excluding hydrogens is 266 g/mol. The Labute approximate surface area is 103 Å². The van der Waals surface area contributed by atoms with Crippen LogP contribution in [0.3, 0.4) is 0 Å². The highest BCUT2D eigenvalue weighted by Crippen LogP contribution is 2.27. The van der Waals surface area contributed by atoms with Crippen LogP contribution in [0.15, 0.2) is 18.3 Å². The number of hydrogen-bond acceptors (Lipinski definition) is 3. The molecule has 0 aliphatic carbocycles. The van der Waals surface area contributed by atoms with E-state index in [4.69, 9.17) is 5.84 Å². The van der Waals surface area contributed by atoms with Crippen LogP contribution in [0.4, 0.5) is 13.2 Å². The zero-order valence-corrected chi connectivity index (χ0v) is 9.75. The first kappa shape index (κ1) is 17.8. The van der Waals surface area contributed by atoms with E-state index < -0.39 is 11.9 Å². The van der Waals surface area contributed by atoms with Crippen LogP contribution >= 0.6 is 24.8 Å². The van der Waals surface area contributed by atoms with E-state index in [0.717, 1.165) is 11.6 Å². The molecule has 94 valence electrons. The van der Waals surface area contributed by atoms with E-state index in [2.05, 4.69) is 10.4 Å². The minimum atomic E-state index is -4.37. The van der Waals surface area contributed by atoms with Gasteiger partial charge < -0.3 is 0 Å². The number of hydrogen-bond donors (Lipinski definition) is 2. The maximum absolute atomic E-state index is 12.1. The largest absolute Gasteiger partial charge is 0.433 e. The molecule has 1 aromatic rings. The highest BCUT2D eigenvalue weighted by molar-refractivity contribution is 5.85. The molecular formula is C8H12Cl2F3N3. The summed E-state index contributed by atoms with van der Waals surface area (Å²) >= 11 is 0. The number of nitrogens with one attached hydrogen (secondary N) is 1. The lowest BCUT2D eigenvalue weighted by Gasteiger charge is -2.06. The van der Waals surface area contributed by atoms with Crippen molar-refractivity contribution in [1.82, 2.24) is 10.4 Å². The predicted molar refractivity (Wildman–Crippen MR) is 59.6 cm³/mol. The monoisotopic (exact) mass is 277 g/mol. The number of halogens is 5. The second-order valence-corrected chi connectivity index (χ2v) is 2.75. The van der Waals surface area contributed by atoms with Gasteiger partial charge in [0.25, 0.3) is 0 Å². The molecule has 0 aliphatic heterocycles. The fourth-order valence-electron chi connectivity index (χ4n) is 0.957. The Balaban J connectivity index is 0. The summed E-state index contributed by atoms with van der Waals surface area (Å²) in [5.74, 6) is 5.03. The van der Waals surface area contributed by atoms with Crippen LogP contribution in [0, 0.1) is 0 Å². The van der Waals surface area contributed by atoms with Crippen molar-refractivity contribution in [1.29, 1.82) is 0 Å². The normalized spacial score (nSPS) is 10.2. The lowest BCUT2D eigenvalue weighted by molar-refractivity contribution is -0.141. The van der Waals surface area contributed by atoms with Crippen molar-refractivity contribution in [2.75, 3.05) is 6.54 Å². The van der Waals surface area contributed by atoms with Gasteiger partial charge in [-0.3, -0.25) is 16.3 Å². The Morgan fingerprint density at radius 1 is 1.25 bits per heavy atom. The molecule has 0 aliphatic rings. The van der Waals surface area contributed by atoms with E-state index in [-0.39, 0.29) is 24.8 Å². The van der Waals surface area contributed by atoms with E-state index in [9.17, 15) is 13.2 Å². The van der Waals surface area contributed by atoms with Crippen LogP contribution in [0.25, 0.3) is 0 Å². The average molecular weight is 278 g/mol. The molecule has 0 fully saturated rings. The van der Waals surface area contributed by atoms with Crippen molar-refractivity contribution in [2.45, 2.75) is 12.6 Å². The summed E-state index contributed by atoms with van der Waals surface area (Å²) in [7, 11) is 0. The molecule has 0 unspecified atom stereocenters. The summed E-state index contributed by atoms with van der Waals surface area (Å²) in [4.78, 5) is 3.31. The number of alkyl halides is 3. The van der Waals surface area contributed by atoms with Crippen LogP contribution in [-0.2, 0) is 12.6 Å². The molecule has 3 nitrogen and oxygen atoms in total. The van der Waals surface area contributed by atoms with Crippen molar-refractivity contribution in [3.63, 3.8) is 0 Å². The van der Waals surface area contributed by atoms with Crippen molar-refractivity contribution >= 4 is 24.8 Å². The van der Waals surface area contributed by atoms with Gasteiger partial charge in [0, 0.05) is 12.7 Å². The zero-order valence-electron chi connectivity index (χ0n) is 8.12. The average Bonchev–Trinajstić information content (AvgIpc) is 2.14. The molecule has 1 rings (SSSR count). The second-order valence-electron chi connectivity index (χ2n) is 2.75. The molecule has 0 bridgehead atoms. The number of pyridine rings is 1. The van der Waals surface area contributed by atoms with Crippen LogP contribution in [-0.4, -0.2) is 11.5 Å². The Morgan fingerprint density at radius 3 is 2.25 bits per heavy atom. The third-order valence-electron chi connectivity index (χ3n) is 1.67. The SMILES string of the molecule is Cl.Cl.NNCCc1ccc(C(F)(F)F)nc1. The fourth-order valence-corrected chi connectivity index (χ4v) is 0.957. The summed E-state index contributed by atoms with van der Waals surface area (Å²) in [5.41, 5.74) is 2.26. The highest BCUT2D eigenvalue weighted by atomic mass is 35.5. The lowest BCUT2D eigenvalue weighted by atomic mass is 10.2. The molecule has 3 N–H and O–H groups in total. The van der Waals surface area contributed by atoms with E-state index in [1.165, 1.54) is 12.3 Å². The smallest absolute Gasteiger partial charge is 0.271 e. The first-order valence-corrected chi connectivity index (χ1v) is 3.99. The molecule has 0 amide bonds. The van der Waals surface area contributed by atoms with Gasteiger partial charge in [0.15, 0.2) is 0 Å². The molecule has 0 spiro atoms. The van der Waals surface area contributed by atoms with E-state index >= 15 is 0 Å². The maximum Gasteiger partial charge on any atom is 0.433 e. The first-order valence-electron chi connectivity index (χ1n) is 3.99. The van der Waals surface area contributed by atoms with E-state index in [0.29, 0.717) is 13.0 Å². The Bertz CT molecular complexity index is 290. The van der Waals surface area contributed by atoms with Gasteiger partial charge in [0.1, 0.15) is 5.69 Å². The molecule has 1 heterocycles. The summed E-state index contributed by atoms with van der Waals surface area (Å²) < 4.78 is 36.2. The van der Waals surface area contributed by atoms with Gasteiger partial charge in [-0.25, -0.2) is 0 Å². The third-order valence-corrected chi connectivity index (χ3v) is 1.67. The Kier molecular flexibility index (Phi) is 8.54. The zero-order chi connectivity index (χ0) is 10.6. The number of hydrazine groups is 1. The van der Waals surface area contributed by atoms with Gasteiger partial charge in [-0.1, -0.05) is 6.07 Å². The Morgan fingerprint density at radius 2 is 1.88 bits per heavy atom. The summed E-state index contributed by atoms with van der Waals surface area (Å²) in [6.45, 7) is 0.507. The molecule has 0 atom stereocenters. The van der Waals surface area contributed by atoms with Crippen molar-refractivity contribution in [3.05, 3.63) is 29.6 Å². The van der Waals surface area contributed by atoms with Gasteiger partial charge in [0.2, 0.25) is 0 Å². The fraction of sp³-hybridized carbons (Fsp3) is 0.375. The Hall–Kier alpha value is -0.560. The number of rotatable bonds is 3. The number of nitrogens with two attached hydrogens (primary N) is 1. The molecule has 16 heavy (non-hydrogen) atoms. The minimum Gasteiger partial charge on any atom is -0.271 e. The summed E-state index contributed by atoms with van der Waals surface area (Å²) in [6.07, 6.45) is -2.60. The van der Waals surface area contributed by atoms with Crippen molar-refractivity contribution < 1.29 is 13.2 Å². The van der Waals surface area contributed by atoms with Crippen LogP contribution < -0.4 is 11.3 Å². The van der Waals surface area contributed by atoms with Crippen LogP contribution in [0.1, 0.15) is 11.3 Å². The quantitative estimate of drug-likeness (QED) is 0.656. The second kappa shape index (κ2) is 7.67. The van der Waals surface area contributed by atoms with Gasteiger partial charge in [-0.15, -0.1) is 24.8 Å². The molecule has 0 radical (unpaired) electrons. The molecule has 1 aromatic heterocycles. The summed E-state index contributed by atoms with van der Waals surface area (Å²) in [5, 5.41) is 0. The van der Waals surface area contributed by atoms with E-state index in [1.807, 2.05) is 0 Å². The van der Waals surface area contributed by atoms with Crippen molar-refractivity contribution in [2.24, 2.45) is 5.84 Å². The molecule has 0 saturated carbocycles. The van der Waals surface area contributed by atoms with Gasteiger partial charge in [-0.2, -0.15) is 13.2 Å². The predicted octanol–water partition coefficient (Wildman–Crippen LogP) is 1.95. The van der Waals surface area contributed by atoms with Crippen molar-refractivity contribution in [3.8, 4) is 0 Å². The standard InChI is InChI=1S/C8H10F3N3.2ClH/c9-8(10,11)7-2-1-6(5-13-7)3-4-14-12;;/h1-2,5,14H,3-4,12H2;2*1H. The maximum atomic E-state index is 12.1. The number of nitrogens with zero attached hydrogens (tertiary/aromatic N) is 1. The van der Waals surface area contributed by atoms with Crippen LogP contribution in [0.2, 0.25) is 0 Å². The topological polar surface area (TPSA) is 50.9 Å². The molecule has 0 aromatic carbocycles. The third kappa shape index (κ3) is 5.50. The van der Waals surface area contributed by atoms with Crippen LogP contribution in [0.5, 0.6) is 0 Å². The first-order chi connectivity index (χ1) is 6.54.